The number of hydrogen-bond acceptors (Lipinski definition) is 5. The molecule has 5 nitrogen and oxygen atoms in total. The van der Waals surface area contributed by atoms with Gasteiger partial charge >= 0.3 is 0 Å². The molecule has 0 radical (unpaired) electrons. The second kappa shape index (κ2) is 3.76. The van der Waals surface area contributed by atoms with E-state index in [1.54, 1.807) is 0 Å². The van der Waals surface area contributed by atoms with Gasteiger partial charge in [-0.25, -0.2) is 0 Å². The van der Waals surface area contributed by atoms with Crippen LogP contribution in [0.3, 0.4) is 0 Å². The highest BCUT2D eigenvalue weighted by molar-refractivity contribution is 5.36. The summed E-state index contributed by atoms with van der Waals surface area (Å²) in [5.74, 6) is 2.35. The lowest BCUT2D eigenvalue weighted by atomic mass is 10.2. The molecule has 0 bridgehead atoms. The number of nitrogens with one attached hydrogen (secondary N) is 1. The van der Waals surface area contributed by atoms with Gasteiger partial charge in [-0.05, 0) is 20.8 Å². The number of aryl methyl sites for hydroxylation is 3. The van der Waals surface area contributed by atoms with Gasteiger partial charge in [0.1, 0.15) is 11.5 Å². The second-order valence-corrected chi connectivity index (χ2v) is 3.48. The van der Waals surface area contributed by atoms with E-state index in [0.29, 0.717) is 6.54 Å². The standard InChI is InChI=1S/C10H13N3O2/c1-6-4-10(13-14-6)11-5-9-7(2)12-15-8(9)3/h4H,5H2,1-3H3,(H,11,13). The molecule has 0 unspecified atom stereocenters. The van der Waals surface area contributed by atoms with Gasteiger partial charge in [-0.2, -0.15) is 0 Å². The number of hydrogen-bond donors (Lipinski definition) is 1. The Morgan fingerprint density at radius 3 is 2.53 bits per heavy atom. The maximum atomic E-state index is 5.06. The summed E-state index contributed by atoms with van der Waals surface area (Å²) in [6.07, 6.45) is 0. The minimum Gasteiger partial charge on any atom is -0.363 e. The van der Waals surface area contributed by atoms with Crippen molar-refractivity contribution in [3.63, 3.8) is 0 Å². The Labute approximate surface area is 87.4 Å². The van der Waals surface area contributed by atoms with E-state index in [0.717, 1.165) is 28.6 Å². The van der Waals surface area contributed by atoms with Crippen molar-refractivity contribution in [2.45, 2.75) is 27.3 Å². The summed E-state index contributed by atoms with van der Waals surface area (Å²) in [4.78, 5) is 0. The molecule has 2 heterocycles. The van der Waals surface area contributed by atoms with E-state index in [9.17, 15) is 0 Å². The first kappa shape index (κ1) is 9.76. The monoisotopic (exact) mass is 207 g/mol. The minimum absolute atomic E-state index is 0.646. The topological polar surface area (TPSA) is 64.1 Å². The Bertz CT molecular complexity index is 439. The molecule has 15 heavy (non-hydrogen) atoms. The van der Waals surface area contributed by atoms with Gasteiger partial charge in [0, 0.05) is 18.2 Å². The fourth-order valence-electron chi connectivity index (χ4n) is 1.38. The molecular formula is C10H13N3O2. The van der Waals surface area contributed by atoms with Crippen LogP contribution in [-0.4, -0.2) is 10.3 Å². The van der Waals surface area contributed by atoms with Crippen LogP contribution in [0, 0.1) is 20.8 Å². The summed E-state index contributed by atoms with van der Waals surface area (Å²) in [6.45, 7) is 6.31. The van der Waals surface area contributed by atoms with Gasteiger partial charge in [-0.3, -0.25) is 0 Å². The van der Waals surface area contributed by atoms with Gasteiger partial charge in [0.05, 0.1) is 5.69 Å². The average molecular weight is 207 g/mol. The van der Waals surface area contributed by atoms with Crippen molar-refractivity contribution in [1.29, 1.82) is 0 Å². The van der Waals surface area contributed by atoms with Gasteiger partial charge in [-0.1, -0.05) is 10.3 Å². The predicted molar refractivity (Wildman–Crippen MR) is 54.5 cm³/mol. The Balaban J connectivity index is 2.05. The molecule has 80 valence electrons. The molecule has 2 aromatic rings. The fraction of sp³-hybridized carbons (Fsp3) is 0.400. The summed E-state index contributed by atoms with van der Waals surface area (Å²) in [5, 5.41) is 10.9. The van der Waals surface area contributed by atoms with Crippen LogP contribution in [0.25, 0.3) is 0 Å². The van der Waals surface area contributed by atoms with Crippen molar-refractivity contribution < 1.29 is 9.05 Å². The van der Waals surface area contributed by atoms with Crippen LogP contribution in [0.15, 0.2) is 15.1 Å². The first-order valence-electron chi connectivity index (χ1n) is 4.76. The van der Waals surface area contributed by atoms with Crippen LogP contribution >= 0.6 is 0 Å². The van der Waals surface area contributed by atoms with Crippen molar-refractivity contribution in [2.75, 3.05) is 5.32 Å². The number of rotatable bonds is 3. The minimum atomic E-state index is 0.646. The molecule has 0 aromatic carbocycles. The Morgan fingerprint density at radius 2 is 2.00 bits per heavy atom. The van der Waals surface area contributed by atoms with E-state index in [-0.39, 0.29) is 0 Å². The van der Waals surface area contributed by atoms with E-state index in [2.05, 4.69) is 15.6 Å². The van der Waals surface area contributed by atoms with Crippen LogP contribution in [-0.2, 0) is 6.54 Å². The third-order valence-corrected chi connectivity index (χ3v) is 2.26. The molecule has 0 spiro atoms. The Hall–Kier alpha value is -1.78. The fourth-order valence-corrected chi connectivity index (χ4v) is 1.38. The maximum absolute atomic E-state index is 5.06. The quantitative estimate of drug-likeness (QED) is 0.835. The first-order valence-corrected chi connectivity index (χ1v) is 4.76. The van der Waals surface area contributed by atoms with Gasteiger partial charge in [0.2, 0.25) is 0 Å². The molecule has 5 heteroatoms. The first-order chi connectivity index (χ1) is 7.16. The van der Waals surface area contributed by atoms with E-state index < -0.39 is 0 Å². The molecular weight excluding hydrogens is 194 g/mol. The predicted octanol–water partition coefficient (Wildman–Crippen LogP) is 2.20. The third kappa shape index (κ3) is 2.01. The molecule has 0 saturated carbocycles. The highest BCUT2D eigenvalue weighted by atomic mass is 16.5. The van der Waals surface area contributed by atoms with Gasteiger partial charge in [0.25, 0.3) is 0 Å². The highest BCUT2D eigenvalue weighted by Gasteiger charge is 2.09. The summed E-state index contributed by atoms with van der Waals surface area (Å²) in [7, 11) is 0. The van der Waals surface area contributed by atoms with Gasteiger partial charge < -0.3 is 14.4 Å². The lowest BCUT2D eigenvalue weighted by Crippen LogP contribution is -2.01. The van der Waals surface area contributed by atoms with Crippen molar-refractivity contribution in [3.8, 4) is 0 Å². The SMILES string of the molecule is Cc1cc(NCc2c(C)noc2C)no1. The zero-order chi connectivity index (χ0) is 10.8. The van der Waals surface area contributed by atoms with Crippen LogP contribution in [0.5, 0.6) is 0 Å². The average Bonchev–Trinajstić information content (AvgIpc) is 2.73. The van der Waals surface area contributed by atoms with E-state index >= 15 is 0 Å². The lowest BCUT2D eigenvalue weighted by Gasteiger charge is -2.00. The third-order valence-electron chi connectivity index (χ3n) is 2.26. The van der Waals surface area contributed by atoms with Crippen molar-refractivity contribution in [1.82, 2.24) is 10.3 Å². The molecule has 0 atom stereocenters. The largest absolute Gasteiger partial charge is 0.363 e. The van der Waals surface area contributed by atoms with Crippen molar-refractivity contribution in [2.24, 2.45) is 0 Å². The smallest absolute Gasteiger partial charge is 0.169 e. The Kier molecular flexibility index (Phi) is 2.45. The van der Waals surface area contributed by atoms with E-state index in [4.69, 9.17) is 9.05 Å². The molecule has 0 saturated heterocycles. The molecule has 2 rings (SSSR count). The number of anilines is 1. The summed E-state index contributed by atoms with van der Waals surface area (Å²) < 4.78 is 10.00. The zero-order valence-corrected chi connectivity index (χ0v) is 9.00. The molecule has 0 aliphatic rings. The molecule has 1 N–H and O–H groups in total. The highest BCUT2D eigenvalue weighted by Crippen LogP contribution is 2.14. The number of nitrogens with zero attached hydrogens (tertiary/aromatic N) is 2. The van der Waals surface area contributed by atoms with Crippen LogP contribution in [0.4, 0.5) is 5.82 Å². The second-order valence-electron chi connectivity index (χ2n) is 3.48. The maximum Gasteiger partial charge on any atom is 0.169 e. The van der Waals surface area contributed by atoms with Crippen LogP contribution in [0.1, 0.15) is 22.8 Å². The lowest BCUT2D eigenvalue weighted by molar-refractivity contribution is 0.392. The van der Waals surface area contributed by atoms with Crippen molar-refractivity contribution >= 4 is 5.82 Å². The van der Waals surface area contributed by atoms with E-state index in [1.165, 1.54) is 0 Å². The molecule has 2 aromatic heterocycles. The summed E-state index contributed by atoms with van der Waals surface area (Å²) >= 11 is 0. The Morgan fingerprint density at radius 1 is 1.20 bits per heavy atom. The normalized spacial score (nSPS) is 10.6. The molecule has 0 aliphatic heterocycles. The van der Waals surface area contributed by atoms with E-state index in [1.807, 2.05) is 26.8 Å². The van der Waals surface area contributed by atoms with Gasteiger partial charge in [-0.15, -0.1) is 0 Å². The van der Waals surface area contributed by atoms with Crippen LogP contribution < -0.4 is 5.32 Å². The molecule has 0 amide bonds. The summed E-state index contributed by atoms with van der Waals surface area (Å²) in [6, 6.07) is 1.85. The molecule has 0 fully saturated rings. The summed E-state index contributed by atoms with van der Waals surface area (Å²) in [5.41, 5.74) is 1.97. The van der Waals surface area contributed by atoms with Crippen LogP contribution in [0.2, 0.25) is 0 Å². The number of aromatic nitrogens is 2. The van der Waals surface area contributed by atoms with Crippen molar-refractivity contribution in [3.05, 3.63) is 28.8 Å². The zero-order valence-electron chi connectivity index (χ0n) is 9.00. The van der Waals surface area contributed by atoms with Gasteiger partial charge in [0.15, 0.2) is 5.82 Å². The molecule has 0 aliphatic carbocycles.